The molecule has 3 rings (SSSR count). The maximum atomic E-state index is 12.6. The lowest BCUT2D eigenvalue weighted by Gasteiger charge is -2.33. The van der Waals surface area contributed by atoms with Gasteiger partial charge in [0.15, 0.2) is 0 Å². The number of sulfonamides is 1. The Labute approximate surface area is 176 Å². The Morgan fingerprint density at radius 1 is 1.07 bits per heavy atom. The molecule has 1 aromatic heterocycles. The molecule has 1 saturated heterocycles. The number of amides is 1. The maximum Gasteiger partial charge on any atom is 0.252 e. The van der Waals surface area contributed by atoms with E-state index in [0.29, 0.717) is 46.2 Å². The van der Waals surface area contributed by atoms with E-state index in [1.807, 2.05) is 4.90 Å². The summed E-state index contributed by atoms with van der Waals surface area (Å²) < 4.78 is 27.3. The quantitative estimate of drug-likeness (QED) is 0.727. The number of thiophene rings is 1. The Balaban J connectivity index is 1.55. The minimum atomic E-state index is -3.54. The van der Waals surface area contributed by atoms with Gasteiger partial charge in [0.2, 0.25) is 5.91 Å². The van der Waals surface area contributed by atoms with Gasteiger partial charge in [-0.15, -0.1) is 11.3 Å². The predicted molar refractivity (Wildman–Crippen MR) is 110 cm³/mol. The third-order valence-electron chi connectivity index (χ3n) is 4.04. The van der Waals surface area contributed by atoms with Gasteiger partial charge in [-0.05, 0) is 30.3 Å². The second-order valence-electron chi connectivity index (χ2n) is 5.91. The van der Waals surface area contributed by atoms with Gasteiger partial charge in [-0.1, -0.05) is 34.8 Å². The molecule has 2 aromatic rings. The minimum Gasteiger partial charge on any atom is -0.324 e. The van der Waals surface area contributed by atoms with Crippen molar-refractivity contribution in [3.8, 4) is 0 Å². The van der Waals surface area contributed by atoms with Crippen molar-refractivity contribution in [2.75, 3.05) is 38.0 Å². The fourth-order valence-electron chi connectivity index (χ4n) is 2.68. The van der Waals surface area contributed by atoms with Crippen LogP contribution in [0.2, 0.25) is 14.4 Å². The van der Waals surface area contributed by atoms with Gasteiger partial charge >= 0.3 is 0 Å². The fraction of sp³-hybridized carbons (Fsp3) is 0.312. The number of hydrogen-bond donors (Lipinski definition) is 1. The van der Waals surface area contributed by atoms with E-state index in [0.717, 1.165) is 11.3 Å². The van der Waals surface area contributed by atoms with Crippen molar-refractivity contribution < 1.29 is 13.2 Å². The smallest absolute Gasteiger partial charge is 0.252 e. The van der Waals surface area contributed by atoms with Crippen LogP contribution in [-0.2, 0) is 14.8 Å². The van der Waals surface area contributed by atoms with Crippen LogP contribution in [0.25, 0.3) is 0 Å². The molecule has 2 heterocycles. The highest BCUT2D eigenvalue weighted by Gasteiger charge is 2.30. The van der Waals surface area contributed by atoms with Crippen molar-refractivity contribution in [3.63, 3.8) is 0 Å². The summed E-state index contributed by atoms with van der Waals surface area (Å²) >= 11 is 18.8. The highest BCUT2D eigenvalue weighted by molar-refractivity contribution is 7.91. The highest BCUT2D eigenvalue weighted by atomic mass is 35.5. The molecule has 0 unspecified atom stereocenters. The highest BCUT2D eigenvalue weighted by Crippen LogP contribution is 2.29. The zero-order chi connectivity index (χ0) is 19.6. The van der Waals surface area contributed by atoms with Gasteiger partial charge in [-0.3, -0.25) is 9.69 Å². The summed E-state index contributed by atoms with van der Waals surface area (Å²) in [4.78, 5) is 14.1. The van der Waals surface area contributed by atoms with E-state index in [1.54, 1.807) is 24.3 Å². The normalized spacial score (nSPS) is 16.4. The van der Waals surface area contributed by atoms with E-state index in [1.165, 1.54) is 10.4 Å². The van der Waals surface area contributed by atoms with Crippen molar-refractivity contribution in [2.24, 2.45) is 0 Å². The minimum absolute atomic E-state index is 0.140. The third kappa shape index (κ3) is 5.14. The number of hydrogen-bond acceptors (Lipinski definition) is 5. The Bertz CT molecular complexity index is 941. The first-order valence-corrected chi connectivity index (χ1v) is 11.4. The second kappa shape index (κ2) is 8.65. The molecular weight excluding hydrogens is 453 g/mol. The standard InChI is InChI=1S/C16H16Cl3N3O3S2/c17-11-1-2-12(18)13(9-11)20-15(23)10-21-5-7-22(8-6-21)27(24,25)16-4-3-14(19)26-16/h1-4,9H,5-8,10H2,(H,20,23). The number of piperazine rings is 1. The molecule has 1 aliphatic heterocycles. The lowest BCUT2D eigenvalue weighted by molar-refractivity contribution is -0.117. The predicted octanol–water partition coefficient (Wildman–Crippen LogP) is 3.65. The Hall–Kier alpha value is -0.870. The third-order valence-corrected chi connectivity index (χ3v) is 8.21. The average molecular weight is 469 g/mol. The zero-order valence-electron chi connectivity index (χ0n) is 14.0. The van der Waals surface area contributed by atoms with E-state index >= 15 is 0 Å². The molecule has 0 saturated carbocycles. The van der Waals surface area contributed by atoms with Crippen LogP contribution in [0, 0.1) is 0 Å². The molecule has 0 aliphatic carbocycles. The molecule has 27 heavy (non-hydrogen) atoms. The van der Waals surface area contributed by atoms with Crippen LogP contribution in [0.15, 0.2) is 34.5 Å². The first-order valence-electron chi connectivity index (χ1n) is 7.98. The van der Waals surface area contributed by atoms with Crippen LogP contribution in [0.1, 0.15) is 0 Å². The van der Waals surface area contributed by atoms with Crippen molar-refractivity contribution in [1.29, 1.82) is 0 Å². The monoisotopic (exact) mass is 467 g/mol. The summed E-state index contributed by atoms with van der Waals surface area (Å²) in [6.45, 7) is 1.66. The number of halogens is 3. The molecule has 0 bridgehead atoms. The Morgan fingerprint density at radius 3 is 2.41 bits per heavy atom. The summed E-state index contributed by atoms with van der Waals surface area (Å²) in [5.74, 6) is -0.236. The number of carbonyl (C=O) groups excluding carboxylic acids is 1. The largest absolute Gasteiger partial charge is 0.324 e. The van der Waals surface area contributed by atoms with E-state index < -0.39 is 10.0 Å². The summed E-state index contributed by atoms with van der Waals surface area (Å²) in [6, 6.07) is 7.91. The van der Waals surface area contributed by atoms with Crippen molar-refractivity contribution in [3.05, 3.63) is 44.7 Å². The number of benzene rings is 1. The molecule has 0 spiro atoms. The molecule has 1 amide bonds. The molecule has 1 fully saturated rings. The average Bonchev–Trinajstić information content (AvgIpc) is 3.06. The SMILES string of the molecule is O=C(CN1CCN(S(=O)(=O)c2ccc(Cl)s2)CC1)Nc1cc(Cl)ccc1Cl. The van der Waals surface area contributed by atoms with Gasteiger partial charge in [0.05, 0.1) is 21.6 Å². The molecule has 6 nitrogen and oxygen atoms in total. The number of nitrogens with one attached hydrogen (secondary N) is 1. The fourth-order valence-corrected chi connectivity index (χ4v) is 6.07. The van der Waals surface area contributed by atoms with Crippen LogP contribution in [-0.4, -0.2) is 56.3 Å². The Kier molecular flexibility index (Phi) is 6.68. The topological polar surface area (TPSA) is 69.7 Å². The lowest BCUT2D eigenvalue weighted by Crippen LogP contribution is -2.50. The van der Waals surface area contributed by atoms with Crippen LogP contribution < -0.4 is 5.32 Å². The van der Waals surface area contributed by atoms with Gasteiger partial charge in [0, 0.05) is 31.2 Å². The molecule has 0 radical (unpaired) electrons. The van der Waals surface area contributed by atoms with Crippen molar-refractivity contribution in [2.45, 2.75) is 4.21 Å². The van der Waals surface area contributed by atoms with Crippen LogP contribution in [0.5, 0.6) is 0 Å². The Morgan fingerprint density at radius 2 is 1.78 bits per heavy atom. The molecular formula is C16H16Cl3N3O3S2. The molecule has 146 valence electrons. The summed E-state index contributed by atoms with van der Waals surface area (Å²) in [5, 5.41) is 3.60. The zero-order valence-corrected chi connectivity index (χ0v) is 17.9. The molecule has 1 N–H and O–H groups in total. The van der Waals surface area contributed by atoms with Crippen LogP contribution in [0.3, 0.4) is 0 Å². The molecule has 1 aromatic carbocycles. The van der Waals surface area contributed by atoms with Crippen molar-refractivity contribution >= 4 is 67.8 Å². The second-order valence-corrected chi connectivity index (χ2v) is 10.6. The number of anilines is 1. The number of rotatable bonds is 5. The number of carbonyl (C=O) groups is 1. The number of nitrogens with zero attached hydrogens (tertiary/aromatic N) is 2. The summed E-state index contributed by atoms with van der Waals surface area (Å²) in [6.07, 6.45) is 0. The van der Waals surface area contributed by atoms with Gasteiger partial charge in [-0.2, -0.15) is 4.31 Å². The molecule has 0 atom stereocenters. The first-order chi connectivity index (χ1) is 12.8. The molecule has 1 aliphatic rings. The molecule has 11 heteroatoms. The van der Waals surface area contributed by atoms with E-state index in [9.17, 15) is 13.2 Å². The van der Waals surface area contributed by atoms with Gasteiger partial charge in [-0.25, -0.2) is 8.42 Å². The van der Waals surface area contributed by atoms with E-state index in [4.69, 9.17) is 34.8 Å². The van der Waals surface area contributed by atoms with Crippen LogP contribution >= 0.6 is 46.1 Å². The van der Waals surface area contributed by atoms with E-state index in [2.05, 4.69) is 5.32 Å². The van der Waals surface area contributed by atoms with Crippen molar-refractivity contribution in [1.82, 2.24) is 9.21 Å². The first kappa shape index (κ1) is 20.9. The summed E-state index contributed by atoms with van der Waals surface area (Å²) in [7, 11) is -3.54. The summed E-state index contributed by atoms with van der Waals surface area (Å²) in [5.41, 5.74) is 0.449. The lowest BCUT2D eigenvalue weighted by atomic mass is 10.3. The van der Waals surface area contributed by atoms with Gasteiger partial charge in [0.25, 0.3) is 10.0 Å². The maximum absolute atomic E-state index is 12.6. The van der Waals surface area contributed by atoms with Gasteiger partial charge in [0.1, 0.15) is 4.21 Å². The van der Waals surface area contributed by atoms with Gasteiger partial charge < -0.3 is 5.32 Å². The van der Waals surface area contributed by atoms with Crippen LogP contribution in [0.4, 0.5) is 5.69 Å². The van der Waals surface area contributed by atoms with E-state index in [-0.39, 0.29) is 16.7 Å².